The molecule has 0 aliphatic carbocycles. The van der Waals surface area contributed by atoms with Crippen molar-refractivity contribution in [1.82, 2.24) is 0 Å². The SMILES string of the molecule is COc1ccc(C(O)C(C)(C)C)c(Br)c1. The molecule has 1 aromatic rings. The van der Waals surface area contributed by atoms with Gasteiger partial charge in [-0.15, -0.1) is 0 Å². The molecule has 1 aromatic carbocycles. The van der Waals surface area contributed by atoms with E-state index in [9.17, 15) is 5.11 Å². The first-order valence-corrected chi connectivity index (χ1v) is 5.67. The van der Waals surface area contributed by atoms with Crippen LogP contribution in [0.25, 0.3) is 0 Å². The normalized spacial score (nSPS) is 13.7. The van der Waals surface area contributed by atoms with Crippen molar-refractivity contribution in [2.45, 2.75) is 26.9 Å². The van der Waals surface area contributed by atoms with Crippen LogP contribution in [0.3, 0.4) is 0 Å². The third kappa shape index (κ3) is 2.95. The van der Waals surface area contributed by atoms with Gasteiger partial charge in [-0.1, -0.05) is 42.8 Å². The van der Waals surface area contributed by atoms with E-state index in [0.29, 0.717) is 0 Å². The second kappa shape index (κ2) is 4.54. The minimum absolute atomic E-state index is 0.170. The zero-order valence-corrected chi connectivity index (χ0v) is 11.1. The molecule has 0 fully saturated rings. The Bertz CT molecular complexity index is 342. The quantitative estimate of drug-likeness (QED) is 0.893. The monoisotopic (exact) mass is 272 g/mol. The van der Waals surface area contributed by atoms with E-state index in [-0.39, 0.29) is 5.41 Å². The standard InChI is InChI=1S/C12H17BrO2/c1-12(2,3)11(14)9-6-5-8(15-4)7-10(9)13/h5-7,11,14H,1-4H3. The van der Waals surface area contributed by atoms with Crippen LogP contribution in [0.1, 0.15) is 32.4 Å². The van der Waals surface area contributed by atoms with Crippen molar-refractivity contribution in [2.75, 3.05) is 7.11 Å². The molecule has 2 nitrogen and oxygen atoms in total. The van der Waals surface area contributed by atoms with Crippen LogP contribution >= 0.6 is 15.9 Å². The van der Waals surface area contributed by atoms with Gasteiger partial charge >= 0.3 is 0 Å². The topological polar surface area (TPSA) is 29.5 Å². The Labute approximate surface area is 99.4 Å². The minimum atomic E-state index is -0.488. The van der Waals surface area contributed by atoms with E-state index in [2.05, 4.69) is 15.9 Å². The molecule has 0 bridgehead atoms. The maximum Gasteiger partial charge on any atom is 0.120 e. The smallest absolute Gasteiger partial charge is 0.120 e. The van der Waals surface area contributed by atoms with Gasteiger partial charge in [0.15, 0.2) is 0 Å². The van der Waals surface area contributed by atoms with E-state index >= 15 is 0 Å². The minimum Gasteiger partial charge on any atom is -0.497 e. The van der Waals surface area contributed by atoms with Crippen molar-refractivity contribution in [2.24, 2.45) is 5.41 Å². The molecule has 1 N–H and O–H groups in total. The van der Waals surface area contributed by atoms with E-state index in [1.54, 1.807) is 7.11 Å². The summed E-state index contributed by atoms with van der Waals surface area (Å²) in [4.78, 5) is 0. The van der Waals surface area contributed by atoms with Gasteiger partial charge in [0.1, 0.15) is 5.75 Å². The van der Waals surface area contributed by atoms with Crippen LogP contribution in [-0.4, -0.2) is 12.2 Å². The summed E-state index contributed by atoms with van der Waals surface area (Å²) in [6, 6.07) is 5.61. The van der Waals surface area contributed by atoms with Gasteiger partial charge in [-0.2, -0.15) is 0 Å². The summed E-state index contributed by atoms with van der Waals surface area (Å²) in [5, 5.41) is 10.1. The largest absolute Gasteiger partial charge is 0.497 e. The van der Waals surface area contributed by atoms with Crippen LogP contribution in [0.4, 0.5) is 0 Å². The van der Waals surface area contributed by atoms with Crippen LogP contribution in [0.2, 0.25) is 0 Å². The molecule has 0 aromatic heterocycles. The van der Waals surface area contributed by atoms with Crippen LogP contribution < -0.4 is 4.74 Å². The molecule has 0 heterocycles. The van der Waals surface area contributed by atoms with Crippen LogP contribution in [0, 0.1) is 5.41 Å². The van der Waals surface area contributed by atoms with E-state index in [0.717, 1.165) is 15.8 Å². The molecule has 0 aliphatic heterocycles. The lowest BCUT2D eigenvalue weighted by Gasteiger charge is -2.27. The van der Waals surface area contributed by atoms with E-state index < -0.39 is 6.10 Å². The molecular weight excluding hydrogens is 256 g/mol. The van der Waals surface area contributed by atoms with Gasteiger partial charge in [0, 0.05) is 4.47 Å². The van der Waals surface area contributed by atoms with E-state index in [1.165, 1.54) is 0 Å². The molecule has 0 aliphatic rings. The van der Waals surface area contributed by atoms with Gasteiger partial charge in [-0.05, 0) is 23.1 Å². The van der Waals surface area contributed by atoms with Crippen molar-refractivity contribution >= 4 is 15.9 Å². The summed E-state index contributed by atoms with van der Waals surface area (Å²) in [6.45, 7) is 6.02. The number of aliphatic hydroxyl groups is 1. The number of hydrogen-bond donors (Lipinski definition) is 1. The first-order valence-electron chi connectivity index (χ1n) is 4.87. The lowest BCUT2D eigenvalue weighted by Crippen LogP contribution is -2.18. The van der Waals surface area contributed by atoms with Crippen molar-refractivity contribution in [1.29, 1.82) is 0 Å². The third-order valence-corrected chi connectivity index (χ3v) is 3.01. The molecular formula is C12H17BrO2. The third-order valence-electron chi connectivity index (χ3n) is 2.32. The maximum atomic E-state index is 10.1. The summed E-state index contributed by atoms with van der Waals surface area (Å²) in [5.41, 5.74) is 0.722. The number of aliphatic hydroxyl groups excluding tert-OH is 1. The number of benzene rings is 1. The van der Waals surface area contributed by atoms with Crippen molar-refractivity contribution in [3.8, 4) is 5.75 Å². The summed E-state index contributed by atoms with van der Waals surface area (Å²) >= 11 is 3.44. The summed E-state index contributed by atoms with van der Waals surface area (Å²) in [7, 11) is 1.63. The van der Waals surface area contributed by atoms with Gasteiger partial charge < -0.3 is 9.84 Å². The Morgan fingerprint density at radius 2 is 1.93 bits per heavy atom. The van der Waals surface area contributed by atoms with Gasteiger partial charge in [0.05, 0.1) is 13.2 Å². The average Bonchev–Trinajstić information content (AvgIpc) is 2.15. The maximum absolute atomic E-state index is 10.1. The highest BCUT2D eigenvalue weighted by Crippen LogP contribution is 2.37. The van der Waals surface area contributed by atoms with Crippen LogP contribution in [0.15, 0.2) is 22.7 Å². The Morgan fingerprint density at radius 3 is 2.33 bits per heavy atom. The highest BCUT2D eigenvalue weighted by atomic mass is 79.9. The van der Waals surface area contributed by atoms with E-state index in [4.69, 9.17) is 4.74 Å². The number of methoxy groups -OCH3 is 1. The number of hydrogen-bond acceptors (Lipinski definition) is 2. The predicted octanol–water partition coefficient (Wildman–Crippen LogP) is 3.54. The molecule has 1 atom stereocenters. The molecule has 1 rings (SSSR count). The zero-order chi connectivity index (χ0) is 11.6. The molecule has 3 heteroatoms. The van der Waals surface area contributed by atoms with E-state index in [1.807, 2.05) is 39.0 Å². The van der Waals surface area contributed by atoms with Crippen molar-refractivity contribution in [3.63, 3.8) is 0 Å². The van der Waals surface area contributed by atoms with Crippen molar-refractivity contribution in [3.05, 3.63) is 28.2 Å². The number of halogens is 1. The lowest BCUT2D eigenvalue weighted by molar-refractivity contribution is 0.0620. The van der Waals surface area contributed by atoms with Crippen LogP contribution in [0.5, 0.6) is 5.75 Å². The molecule has 0 spiro atoms. The molecule has 0 saturated carbocycles. The Morgan fingerprint density at radius 1 is 1.33 bits per heavy atom. The van der Waals surface area contributed by atoms with Gasteiger partial charge in [0.2, 0.25) is 0 Å². The van der Waals surface area contributed by atoms with Crippen molar-refractivity contribution < 1.29 is 9.84 Å². The fourth-order valence-corrected chi connectivity index (χ4v) is 1.90. The molecule has 0 amide bonds. The first-order chi connectivity index (χ1) is 6.86. The fraction of sp³-hybridized carbons (Fsp3) is 0.500. The molecule has 0 saturated heterocycles. The molecule has 0 radical (unpaired) electrons. The highest BCUT2D eigenvalue weighted by Gasteiger charge is 2.25. The second-order valence-electron chi connectivity index (χ2n) is 4.66. The number of ether oxygens (including phenoxy) is 1. The number of rotatable bonds is 2. The van der Waals surface area contributed by atoms with Gasteiger partial charge in [0.25, 0.3) is 0 Å². The second-order valence-corrected chi connectivity index (χ2v) is 5.51. The summed E-state index contributed by atoms with van der Waals surface area (Å²) in [6.07, 6.45) is -0.488. The highest BCUT2D eigenvalue weighted by molar-refractivity contribution is 9.10. The first kappa shape index (κ1) is 12.5. The molecule has 1 unspecified atom stereocenters. The Balaban J connectivity index is 3.06. The predicted molar refractivity (Wildman–Crippen MR) is 65.1 cm³/mol. The summed E-state index contributed by atoms with van der Waals surface area (Å²) < 4.78 is 5.98. The van der Waals surface area contributed by atoms with Crippen LogP contribution in [-0.2, 0) is 0 Å². The molecule has 15 heavy (non-hydrogen) atoms. The molecule has 84 valence electrons. The van der Waals surface area contributed by atoms with Gasteiger partial charge in [-0.3, -0.25) is 0 Å². The lowest BCUT2D eigenvalue weighted by atomic mass is 9.85. The van der Waals surface area contributed by atoms with Gasteiger partial charge in [-0.25, -0.2) is 0 Å². The zero-order valence-electron chi connectivity index (χ0n) is 9.54. The Kier molecular flexibility index (Phi) is 3.79. The average molecular weight is 273 g/mol. The summed E-state index contributed by atoms with van der Waals surface area (Å²) in [5.74, 6) is 0.784. The Hall–Kier alpha value is -0.540. The fourth-order valence-electron chi connectivity index (χ4n) is 1.32.